The molecule has 0 aliphatic heterocycles. The summed E-state index contributed by atoms with van der Waals surface area (Å²) in [6.45, 7) is 9.92. The van der Waals surface area contributed by atoms with Gasteiger partial charge < -0.3 is 10.2 Å². The summed E-state index contributed by atoms with van der Waals surface area (Å²) >= 11 is 0. The maximum Gasteiger partial charge on any atom is 0.243 e. The predicted molar refractivity (Wildman–Crippen MR) is 114 cm³/mol. The van der Waals surface area contributed by atoms with Gasteiger partial charge in [-0.1, -0.05) is 42.8 Å². The van der Waals surface area contributed by atoms with Gasteiger partial charge in [0.2, 0.25) is 11.8 Å². The van der Waals surface area contributed by atoms with Crippen LogP contribution in [0, 0.1) is 19.7 Å². The fourth-order valence-corrected chi connectivity index (χ4v) is 3.34. The highest BCUT2D eigenvalue weighted by Gasteiger charge is 2.29. The first kappa shape index (κ1) is 22.6. The third-order valence-corrected chi connectivity index (χ3v) is 4.93. The molecule has 2 aromatic carbocycles. The van der Waals surface area contributed by atoms with Crippen LogP contribution in [0.2, 0.25) is 0 Å². The Morgan fingerprint density at radius 2 is 1.72 bits per heavy atom. The van der Waals surface area contributed by atoms with E-state index < -0.39 is 6.04 Å². The van der Waals surface area contributed by atoms with Gasteiger partial charge in [-0.15, -0.1) is 0 Å². The number of amides is 2. The minimum absolute atomic E-state index is 0.0154. The molecule has 2 amide bonds. The monoisotopic (exact) mass is 398 g/mol. The fourth-order valence-electron chi connectivity index (χ4n) is 3.34. The Bertz CT molecular complexity index is 846. The van der Waals surface area contributed by atoms with Crippen LogP contribution in [-0.4, -0.2) is 28.8 Å². The van der Waals surface area contributed by atoms with Gasteiger partial charge in [0.25, 0.3) is 0 Å². The summed E-state index contributed by atoms with van der Waals surface area (Å²) in [6, 6.07) is 11.5. The lowest BCUT2D eigenvalue weighted by Gasteiger charge is -2.31. The van der Waals surface area contributed by atoms with E-state index in [2.05, 4.69) is 5.32 Å². The van der Waals surface area contributed by atoms with Crippen molar-refractivity contribution >= 4 is 11.8 Å². The molecule has 0 saturated carbocycles. The second-order valence-electron chi connectivity index (χ2n) is 7.84. The van der Waals surface area contributed by atoms with Crippen LogP contribution in [0.15, 0.2) is 42.5 Å². The summed E-state index contributed by atoms with van der Waals surface area (Å²) < 4.78 is 13.3. The van der Waals surface area contributed by atoms with Gasteiger partial charge in [0.05, 0.1) is 6.42 Å². The second kappa shape index (κ2) is 10.2. The van der Waals surface area contributed by atoms with E-state index in [9.17, 15) is 14.0 Å². The molecule has 0 aliphatic carbocycles. The van der Waals surface area contributed by atoms with Crippen molar-refractivity contribution in [3.05, 3.63) is 70.5 Å². The first-order chi connectivity index (χ1) is 13.7. The van der Waals surface area contributed by atoms with Crippen LogP contribution in [-0.2, 0) is 22.6 Å². The van der Waals surface area contributed by atoms with Crippen molar-refractivity contribution in [2.75, 3.05) is 0 Å². The highest BCUT2D eigenvalue weighted by Crippen LogP contribution is 2.18. The number of carbonyl (C=O) groups is 2. The lowest BCUT2D eigenvalue weighted by molar-refractivity contribution is -0.141. The van der Waals surface area contributed by atoms with Gasteiger partial charge in [-0.3, -0.25) is 9.59 Å². The van der Waals surface area contributed by atoms with E-state index in [4.69, 9.17) is 0 Å². The lowest BCUT2D eigenvalue weighted by atomic mass is 10.0. The molecule has 0 saturated heterocycles. The molecule has 2 rings (SSSR count). The first-order valence-corrected chi connectivity index (χ1v) is 10.1. The van der Waals surface area contributed by atoms with Crippen LogP contribution in [0.1, 0.15) is 49.4 Å². The molecular weight excluding hydrogens is 367 g/mol. The average molecular weight is 399 g/mol. The van der Waals surface area contributed by atoms with Gasteiger partial charge in [0, 0.05) is 12.6 Å². The van der Waals surface area contributed by atoms with Crippen molar-refractivity contribution in [1.29, 1.82) is 0 Å². The number of hydrogen-bond donors (Lipinski definition) is 1. The molecule has 4 nitrogen and oxygen atoms in total. The summed E-state index contributed by atoms with van der Waals surface area (Å²) in [6.07, 6.45) is 0.721. The zero-order valence-electron chi connectivity index (χ0n) is 18.0. The minimum Gasteiger partial charge on any atom is -0.352 e. The molecule has 1 atom stereocenters. The zero-order valence-corrected chi connectivity index (χ0v) is 18.0. The smallest absolute Gasteiger partial charge is 0.243 e. The summed E-state index contributed by atoms with van der Waals surface area (Å²) in [5.41, 5.74) is 3.88. The Morgan fingerprint density at radius 1 is 1.07 bits per heavy atom. The summed E-state index contributed by atoms with van der Waals surface area (Å²) in [4.78, 5) is 27.7. The highest BCUT2D eigenvalue weighted by molar-refractivity contribution is 5.88. The molecule has 0 bridgehead atoms. The number of halogens is 1. The van der Waals surface area contributed by atoms with Gasteiger partial charge in [-0.2, -0.15) is 0 Å². The fraction of sp³-hybridized carbons (Fsp3) is 0.417. The maximum atomic E-state index is 13.3. The molecule has 0 heterocycles. The quantitative estimate of drug-likeness (QED) is 0.720. The highest BCUT2D eigenvalue weighted by atomic mass is 19.1. The summed E-state index contributed by atoms with van der Waals surface area (Å²) in [5, 5.41) is 2.92. The molecule has 0 fully saturated rings. The number of nitrogens with one attached hydrogen (secondary N) is 1. The van der Waals surface area contributed by atoms with E-state index in [1.165, 1.54) is 12.1 Å². The molecule has 29 heavy (non-hydrogen) atoms. The van der Waals surface area contributed by atoms with E-state index in [1.54, 1.807) is 17.0 Å². The topological polar surface area (TPSA) is 49.4 Å². The number of carbonyl (C=O) groups excluding carboxylic acids is 2. The lowest BCUT2D eigenvalue weighted by Crippen LogP contribution is -2.50. The minimum atomic E-state index is -0.583. The Balaban J connectivity index is 2.33. The number of aryl methyl sites for hydroxylation is 2. The van der Waals surface area contributed by atoms with Crippen molar-refractivity contribution in [3.8, 4) is 0 Å². The van der Waals surface area contributed by atoms with Gasteiger partial charge in [-0.25, -0.2) is 4.39 Å². The van der Waals surface area contributed by atoms with E-state index in [1.807, 2.05) is 52.8 Å². The average Bonchev–Trinajstić information content (AvgIpc) is 2.65. The molecule has 0 aliphatic rings. The number of hydrogen-bond acceptors (Lipinski definition) is 2. The normalized spacial score (nSPS) is 12.0. The van der Waals surface area contributed by atoms with Gasteiger partial charge >= 0.3 is 0 Å². The van der Waals surface area contributed by atoms with E-state index in [0.29, 0.717) is 6.42 Å². The zero-order chi connectivity index (χ0) is 21.6. The van der Waals surface area contributed by atoms with E-state index in [-0.39, 0.29) is 36.6 Å². The third kappa shape index (κ3) is 6.41. The second-order valence-corrected chi connectivity index (χ2v) is 7.84. The molecule has 1 N–H and O–H groups in total. The first-order valence-electron chi connectivity index (χ1n) is 10.1. The van der Waals surface area contributed by atoms with E-state index in [0.717, 1.165) is 22.3 Å². The van der Waals surface area contributed by atoms with Crippen molar-refractivity contribution in [2.45, 2.75) is 66.1 Å². The van der Waals surface area contributed by atoms with Crippen molar-refractivity contribution in [3.63, 3.8) is 0 Å². The maximum absolute atomic E-state index is 13.3. The van der Waals surface area contributed by atoms with Gasteiger partial charge in [0.15, 0.2) is 0 Å². The molecule has 5 heteroatoms. The molecular formula is C24H31FN2O2. The van der Waals surface area contributed by atoms with Crippen LogP contribution >= 0.6 is 0 Å². The standard InChI is InChI=1S/C24H31FN2O2/c1-6-22(24(29)26-16(2)3)27(15-19-9-11-21(25)12-10-19)23(28)14-20-13-17(4)7-8-18(20)5/h7-13,16,22H,6,14-15H2,1-5H3,(H,26,29). The van der Waals surface area contributed by atoms with Gasteiger partial charge in [-0.05, 0) is 62.9 Å². The molecule has 1 unspecified atom stereocenters. The predicted octanol–water partition coefficient (Wildman–Crippen LogP) is 4.32. The molecule has 0 spiro atoms. The van der Waals surface area contributed by atoms with Crippen molar-refractivity contribution < 1.29 is 14.0 Å². The van der Waals surface area contributed by atoms with Crippen LogP contribution in [0.25, 0.3) is 0 Å². The summed E-state index contributed by atoms with van der Waals surface area (Å²) in [7, 11) is 0. The Kier molecular flexibility index (Phi) is 7.94. The summed E-state index contributed by atoms with van der Waals surface area (Å²) in [5.74, 6) is -0.612. The largest absolute Gasteiger partial charge is 0.352 e. The van der Waals surface area contributed by atoms with Crippen LogP contribution in [0.3, 0.4) is 0 Å². The number of benzene rings is 2. The van der Waals surface area contributed by atoms with Crippen molar-refractivity contribution in [2.24, 2.45) is 0 Å². The van der Waals surface area contributed by atoms with Crippen LogP contribution < -0.4 is 5.32 Å². The molecule has 0 radical (unpaired) electrons. The molecule has 2 aromatic rings. The van der Waals surface area contributed by atoms with Gasteiger partial charge in [0.1, 0.15) is 11.9 Å². The SMILES string of the molecule is CCC(C(=O)NC(C)C)N(Cc1ccc(F)cc1)C(=O)Cc1cc(C)ccc1C. The third-order valence-electron chi connectivity index (χ3n) is 4.93. The number of nitrogens with zero attached hydrogens (tertiary/aromatic N) is 1. The van der Waals surface area contributed by atoms with Crippen LogP contribution in [0.4, 0.5) is 4.39 Å². The number of rotatable bonds is 8. The van der Waals surface area contributed by atoms with Crippen LogP contribution in [0.5, 0.6) is 0 Å². The Hall–Kier alpha value is -2.69. The molecule has 156 valence electrons. The van der Waals surface area contributed by atoms with Crippen molar-refractivity contribution in [1.82, 2.24) is 10.2 Å². The Labute approximate surface area is 173 Å². The molecule has 0 aromatic heterocycles. The van der Waals surface area contributed by atoms with E-state index >= 15 is 0 Å². The Morgan fingerprint density at radius 3 is 2.31 bits per heavy atom.